The van der Waals surface area contributed by atoms with E-state index in [0.717, 1.165) is 18.7 Å². The Balaban J connectivity index is 2.30. The van der Waals surface area contributed by atoms with Crippen molar-refractivity contribution in [2.24, 2.45) is 10.9 Å². The lowest BCUT2D eigenvalue weighted by atomic mass is 10.1. The van der Waals surface area contributed by atoms with Crippen LogP contribution in [0.25, 0.3) is 0 Å². The first-order chi connectivity index (χ1) is 4.86. The van der Waals surface area contributed by atoms with Gasteiger partial charge in [-0.2, -0.15) is 0 Å². The van der Waals surface area contributed by atoms with Crippen molar-refractivity contribution in [1.29, 1.82) is 0 Å². The summed E-state index contributed by atoms with van der Waals surface area (Å²) in [5, 5.41) is 3.14. The molecule has 0 aromatic carbocycles. The van der Waals surface area contributed by atoms with Gasteiger partial charge in [0.1, 0.15) is 0 Å². The molecule has 3 heteroatoms. The van der Waals surface area contributed by atoms with E-state index in [9.17, 15) is 4.79 Å². The zero-order valence-electron chi connectivity index (χ0n) is 5.50. The molecule has 2 aliphatic heterocycles. The first-order valence-electron chi connectivity index (χ1n) is 3.40. The number of allylic oxidation sites excluding steroid dienone is 1. The molecule has 1 fully saturated rings. The van der Waals surface area contributed by atoms with Gasteiger partial charge >= 0.3 is 0 Å². The molecule has 2 rings (SSSR count). The van der Waals surface area contributed by atoms with Crippen molar-refractivity contribution in [3.63, 3.8) is 0 Å². The van der Waals surface area contributed by atoms with Gasteiger partial charge in [-0.15, -0.1) is 0 Å². The Morgan fingerprint density at radius 1 is 1.70 bits per heavy atom. The maximum Gasteiger partial charge on any atom is 0.271 e. The molecule has 1 N–H and O–H groups in total. The number of carbonyl (C=O) groups excluding carboxylic acids is 1. The number of aliphatic imine (C=N–C) groups is 1. The van der Waals surface area contributed by atoms with Crippen molar-refractivity contribution >= 4 is 12.1 Å². The minimum atomic E-state index is -0.138. The molecule has 0 saturated carbocycles. The molecule has 0 aliphatic carbocycles. The molecule has 3 nitrogen and oxygen atoms in total. The number of rotatable bonds is 0. The van der Waals surface area contributed by atoms with Gasteiger partial charge in [-0.25, -0.2) is 4.99 Å². The van der Waals surface area contributed by atoms with Crippen LogP contribution < -0.4 is 5.32 Å². The fourth-order valence-corrected chi connectivity index (χ4v) is 1.31. The second-order valence-electron chi connectivity index (χ2n) is 2.54. The molecule has 2 heterocycles. The summed E-state index contributed by atoms with van der Waals surface area (Å²) in [5.41, 5.74) is 1.04. The summed E-state index contributed by atoms with van der Waals surface area (Å²) in [6.45, 7) is 0.968. The number of carbonyl (C=O) groups is 1. The van der Waals surface area contributed by atoms with Crippen molar-refractivity contribution < 1.29 is 4.79 Å². The highest BCUT2D eigenvalue weighted by molar-refractivity contribution is 5.98. The Morgan fingerprint density at radius 3 is 3.50 bits per heavy atom. The second kappa shape index (κ2) is 1.94. The molecule has 52 valence electrons. The molecular formula is C7H8N2O. The number of nitrogens with one attached hydrogen (secondary N) is 1. The van der Waals surface area contributed by atoms with Gasteiger partial charge < -0.3 is 5.32 Å². The van der Waals surface area contributed by atoms with Crippen molar-refractivity contribution in [2.45, 2.75) is 6.42 Å². The van der Waals surface area contributed by atoms with Crippen LogP contribution in [0.5, 0.6) is 0 Å². The Kier molecular flexibility index (Phi) is 1.09. The van der Waals surface area contributed by atoms with Crippen LogP contribution in [0.4, 0.5) is 0 Å². The van der Waals surface area contributed by atoms with E-state index in [-0.39, 0.29) is 5.91 Å². The average molecular weight is 136 g/mol. The van der Waals surface area contributed by atoms with Crippen molar-refractivity contribution in [3.05, 3.63) is 11.8 Å². The third-order valence-electron chi connectivity index (χ3n) is 1.84. The lowest BCUT2D eigenvalue weighted by Gasteiger charge is -2.07. The molecular weight excluding hydrogens is 128 g/mol. The van der Waals surface area contributed by atoms with Crippen LogP contribution in [0.15, 0.2) is 16.8 Å². The van der Waals surface area contributed by atoms with Gasteiger partial charge in [-0.3, -0.25) is 4.79 Å². The normalized spacial score (nSPS) is 29.4. The minimum Gasteiger partial charge on any atom is -0.388 e. The first kappa shape index (κ1) is 5.65. The Bertz CT molecular complexity index is 230. The van der Waals surface area contributed by atoms with Crippen LogP contribution >= 0.6 is 0 Å². The van der Waals surface area contributed by atoms with Gasteiger partial charge in [0.05, 0.1) is 0 Å². The van der Waals surface area contributed by atoms with E-state index in [1.165, 1.54) is 0 Å². The third kappa shape index (κ3) is 0.744. The molecule has 10 heavy (non-hydrogen) atoms. The van der Waals surface area contributed by atoms with Crippen LogP contribution in [-0.4, -0.2) is 18.7 Å². The van der Waals surface area contributed by atoms with E-state index < -0.39 is 0 Å². The largest absolute Gasteiger partial charge is 0.388 e. The van der Waals surface area contributed by atoms with Crippen LogP contribution in [-0.2, 0) is 4.79 Å². The topological polar surface area (TPSA) is 41.5 Å². The van der Waals surface area contributed by atoms with E-state index in [4.69, 9.17) is 0 Å². The van der Waals surface area contributed by atoms with E-state index in [2.05, 4.69) is 10.3 Å². The first-order valence-corrected chi connectivity index (χ1v) is 3.40. The molecule has 0 aromatic rings. The summed E-state index contributed by atoms with van der Waals surface area (Å²) in [6, 6.07) is 0. The van der Waals surface area contributed by atoms with E-state index in [1.54, 1.807) is 12.3 Å². The summed E-state index contributed by atoms with van der Waals surface area (Å²) in [5.74, 6) is 0.248. The van der Waals surface area contributed by atoms with Crippen molar-refractivity contribution in [2.75, 3.05) is 6.54 Å². The van der Waals surface area contributed by atoms with Gasteiger partial charge in [-0.05, 0) is 6.42 Å². The van der Waals surface area contributed by atoms with Gasteiger partial charge in [0.15, 0.2) is 0 Å². The highest BCUT2D eigenvalue weighted by Crippen LogP contribution is 2.19. The zero-order chi connectivity index (χ0) is 6.97. The highest BCUT2D eigenvalue weighted by Gasteiger charge is 2.22. The lowest BCUT2D eigenvalue weighted by Crippen LogP contribution is -2.13. The van der Waals surface area contributed by atoms with Crippen LogP contribution in [0.2, 0.25) is 0 Å². The average Bonchev–Trinajstić information content (AvgIpc) is 2.33. The monoisotopic (exact) mass is 136 g/mol. The summed E-state index contributed by atoms with van der Waals surface area (Å²) in [7, 11) is 0. The molecule has 0 aromatic heterocycles. The van der Waals surface area contributed by atoms with Gasteiger partial charge in [-0.1, -0.05) is 0 Å². The number of hydrogen-bond acceptors (Lipinski definition) is 2. The van der Waals surface area contributed by atoms with E-state index >= 15 is 0 Å². The van der Waals surface area contributed by atoms with Crippen molar-refractivity contribution in [1.82, 2.24) is 5.32 Å². The minimum absolute atomic E-state index is 0.138. The Labute approximate surface area is 58.8 Å². The molecule has 1 saturated heterocycles. The number of dihydropyridines is 1. The fraction of sp³-hybridized carbons (Fsp3) is 0.429. The van der Waals surface area contributed by atoms with Crippen LogP contribution in [0.3, 0.4) is 0 Å². The fourth-order valence-electron chi connectivity index (χ4n) is 1.31. The highest BCUT2D eigenvalue weighted by atomic mass is 16.1. The zero-order valence-corrected chi connectivity index (χ0v) is 5.50. The van der Waals surface area contributed by atoms with Gasteiger partial charge in [0.25, 0.3) is 5.91 Å². The molecule has 0 spiro atoms. The number of fused-ring (bicyclic) bond motifs is 1. The predicted molar refractivity (Wildman–Crippen MR) is 37.7 cm³/mol. The SMILES string of the molecule is O=C1C=C2NCCC2C=N1. The molecule has 1 atom stereocenters. The van der Waals surface area contributed by atoms with Crippen LogP contribution in [0.1, 0.15) is 6.42 Å². The third-order valence-corrected chi connectivity index (χ3v) is 1.84. The maximum atomic E-state index is 10.7. The second-order valence-corrected chi connectivity index (χ2v) is 2.54. The number of hydrogen-bond donors (Lipinski definition) is 1. The van der Waals surface area contributed by atoms with E-state index in [1.807, 2.05) is 0 Å². The number of amides is 1. The molecule has 0 bridgehead atoms. The molecule has 1 unspecified atom stereocenters. The Morgan fingerprint density at radius 2 is 2.60 bits per heavy atom. The standard InChI is InChI=1S/C7H8N2O/c10-7-3-6-5(4-9-7)1-2-8-6/h3-5,8H,1-2H2. The summed E-state index contributed by atoms with van der Waals surface area (Å²) < 4.78 is 0. The van der Waals surface area contributed by atoms with Crippen LogP contribution in [0, 0.1) is 5.92 Å². The maximum absolute atomic E-state index is 10.7. The Hall–Kier alpha value is -1.12. The summed E-state index contributed by atoms with van der Waals surface area (Å²) in [4.78, 5) is 14.4. The lowest BCUT2D eigenvalue weighted by molar-refractivity contribution is -0.113. The molecule has 1 amide bonds. The van der Waals surface area contributed by atoms with Gasteiger partial charge in [0, 0.05) is 30.5 Å². The van der Waals surface area contributed by atoms with Gasteiger partial charge in [0.2, 0.25) is 0 Å². The quantitative estimate of drug-likeness (QED) is 0.512. The summed E-state index contributed by atoms with van der Waals surface area (Å²) in [6.07, 6.45) is 4.39. The summed E-state index contributed by atoms with van der Waals surface area (Å²) >= 11 is 0. The molecule has 0 radical (unpaired) electrons. The van der Waals surface area contributed by atoms with E-state index in [0.29, 0.717) is 5.92 Å². The number of nitrogens with zero attached hydrogens (tertiary/aromatic N) is 1. The predicted octanol–water partition coefficient (Wildman–Crippen LogP) is 0.0908. The molecule has 2 aliphatic rings. The smallest absolute Gasteiger partial charge is 0.271 e. The van der Waals surface area contributed by atoms with Crippen molar-refractivity contribution in [3.8, 4) is 0 Å².